The second-order valence-electron chi connectivity index (χ2n) is 9.04. The molecule has 1 aromatic carbocycles. The molecule has 3 fully saturated rings. The lowest BCUT2D eigenvalue weighted by Gasteiger charge is -2.44. The molecule has 7 nitrogen and oxygen atoms in total. The number of phenols is 1. The molecule has 2 heterocycles. The minimum Gasteiger partial charge on any atom is -0.505 e. The number of hydrogen-bond acceptors (Lipinski definition) is 5. The van der Waals surface area contributed by atoms with Gasteiger partial charge in [0.1, 0.15) is 0 Å². The molecule has 8 heteroatoms. The molecule has 1 saturated carbocycles. The maximum atomic E-state index is 14.3. The largest absolute Gasteiger partial charge is 0.505 e. The average Bonchev–Trinajstić information content (AvgIpc) is 3.17. The number of rotatable bonds is 3. The van der Waals surface area contributed by atoms with Gasteiger partial charge in [-0.05, 0) is 38.7 Å². The van der Waals surface area contributed by atoms with Crippen molar-refractivity contribution in [2.45, 2.75) is 32.6 Å². The molecule has 0 bridgehead atoms. The molecule has 6 atom stereocenters. The van der Waals surface area contributed by atoms with Gasteiger partial charge in [0.25, 0.3) is 0 Å². The molecule has 5 rings (SSSR count). The fourth-order valence-corrected chi connectivity index (χ4v) is 6.47. The van der Waals surface area contributed by atoms with E-state index in [1.807, 2.05) is 6.08 Å². The van der Waals surface area contributed by atoms with Crippen molar-refractivity contribution in [3.63, 3.8) is 0 Å². The minimum absolute atomic E-state index is 0.200. The zero-order chi connectivity index (χ0) is 22.9. The van der Waals surface area contributed by atoms with Crippen molar-refractivity contribution in [2.75, 3.05) is 13.1 Å². The first-order chi connectivity index (χ1) is 15.3. The normalized spacial score (nSPS) is 33.9. The highest BCUT2D eigenvalue weighted by atomic mass is 19.1. The molecule has 2 aliphatic carbocycles. The van der Waals surface area contributed by atoms with Crippen LogP contribution in [0.25, 0.3) is 0 Å². The predicted octanol–water partition coefficient (Wildman–Crippen LogP) is 2.21. The summed E-state index contributed by atoms with van der Waals surface area (Å²) in [5.74, 6) is -6.07. The summed E-state index contributed by atoms with van der Waals surface area (Å²) in [5.41, 5.74) is 1.00. The van der Waals surface area contributed by atoms with E-state index >= 15 is 0 Å². The summed E-state index contributed by atoms with van der Waals surface area (Å²) >= 11 is 0. The molecule has 2 saturated heterocycles. The number of carbonyl (C=O) groups is 4. The number of para-hydroxylation sites is 1. The van der Waals surface area contributed by atoms with E-state index in [2.05, 4.69) is 0 Å². The summed E-state index contributed by atoms with van der Waals surface area (Å²) in [6.45, 7) is 3.99. The van der Waals surface area contributed by atoms with Crippen molar-refractivity contribution in [3.8, 4) is 5.75 Å². The molecule has 2 aliphatic heterocycles. The summed E-state index contributed by atoms with van der Waals surface area (Å²) in [6, 6.07) is 4.18. The van der Waals surface area contributed by atoms with Crippen molar-refractivity contribution in [3.05, 3.63) is 41.2 Å². The molecule has 4 aliphatic rings. The van der Waals surface area contributed by atoms with Crippen molar-refractivity contribution >= 4 is 23.6 Å². The number of carbonyl (C=O) groups excluding carboxylic acids is 4. The van der Waals surface area contributed by atoms with E-state index in [0.717, 1.165) is 11.6 Å². The number of hydrogen-bond donors (Lipinski definition) is 1. The van der Waals surface area contributed by atoms with Crippen LogP contribution in [0.5, 0.6) is 5.75 Å². The smallest absolute Gasteiger partial charge is 0.234 e. The third kappa shape index (κ3) is 2.58. The van der Waals surface area contributed by atoms with Crippen LogP contribution in [-0.2, 0) is 19.2 Å². The average molecular weight is 440 g/mol. The van der Waals surface area contributed by atoms with Crippen LogP contribution in [0, 0.1) is 35.4 Å². The Balaban J connectivity index is 1.67. The zero-order valence-corrected chi connectivity index (χ0v) is 18.0. The molecule has 168 valence electrons. The Morgan fingerprint density at radius 1 is 0.906 bits per heavy atom. The summed E-state index contributed by atoms with van der Waals surface area (Å²) in [7, 11) is 0. The number of phenolic OH excluding ortho intramolecular Hbond substituents is 1. The number of fused-ring (bicyclic) bond motifs is 4. The van der Waals surface area contributed by atoms with E-state index in [1.165, 1.54) is 15.9 Å². The lowest BCUT2D eigenvalue weighted by atomic mass is 9.57. The van der Waals surface area contributed by atoms with Gasteiger partial charge < -0.3 is 5.11 Å². The molecular formula is C24H25FN2O5. The van der Waals surface area contributed by atoms with Crippen LogP contribution in [0.4, 0.5) is 4.39 Å². The van der Waals surface area contributed by atoms with E-state index in [9.17, 15) is 28.7 Å². The third-order valence-corrected chi connectivity index (χ3v) is 7.82. The van der Waals surface area contributed by atoms with Crippen LogP contribution in [0.3, 0.4) is 0 Å². The molecule has 0 spiro atoms. The van der Waals surface area contributed by atoms with Crippen molar-refractivity contribution < 1.29 is 28.7 Å². The van der Waals surface area contributed by atoms with Crippen LogP contribution >= 0.6 is 0 Å². The Morgan fingerprint density at radius 3 is 2.19 bits per heavy atom. The number of aromatic hydroxyl groups is 1. The topological polar surface area (TPSA) is 95.0 Å². The second kappa shape index (κ2) is 7.25. The predicted molar refractivity (Wildman–Crippen MR) is 110 cm³/mol. The lowest BCUT2D eigenvalue weighted by Crippen LogP contribution is -2.43. The number of imide groups is 2. The number of allylic oxidation sites excluding steroid dienone is 2. The van der Waals surface area contributed by atoms with Gasteiger partial charge in [-0.25, -0.2) is 4.39 Å². The maximum absolute atomic E-state index is 14.3. The standard InChI is InChI=1S/C24H25FN2O5/c1-3-26-21(29)13-9-8-11-14(18(13)23(26)31)10-15-19(24(32)27(4-2)22(15)30)17(11)12-6-5-7-16(25)20(12)28/h5-8,13-15,17-19,28H,3-4,9-10H2,1-2H3. The van der Waals surface area contributed by atoms with Crippen LogP contribution in [0.15, 0.2) is 29.8 Å². The van der Waals surface area contributed by atoms with E-state index < -0.39 is 47.1 Å². The molecule has 32 heavy (non-hydrogen) atoms. The van der Waals surface area contributed by atoms with Crippen molar-refractivity contribution in [2.24, 2.45) is 29.6 Å². The molecule has 4 amide bonds. The quantitative estimate of drug-likeness (QED) is 0.575. The second-order valence-corrected chi connectivity index (χ2v) is 9.04. The lowest BCUT2D eigenvalue weighted by molar-refractivity contribution is -0.141. The highest BCUT2D eigenvalue weighted by molar-refractivity contribution is 6.07. The molecule has 0 aromatic heterocycles. The van der Waals surface area contributed by atoms with Crippen molar-refractivity contribution in [1.82, 2.24) is 9.80 Å². The summed E-state index contributed by atoms with van der Waals surface area (Å²) in [5, 5.41) is 10.6. The highest BCUT2D eigenvalue weighted by Gasteiger charge is 2.61. The highest BCUT2D eigenvalue weighted by Crippen LogP contribution is 2.58. The first-order valence-electron chi connectivity index (χ1n) is 11.2. The van der Waals surface area contributed by atoms with Gasteiger partial charge >= 0.3 is 0 Å². The Labute approximate surface area is 184 Å². The van der Waals surface area contributed by atoms with E-state index in [-0.39, 0.29) is 42.3 Å². The van der Waals surface area contributed by atoms with Crippen LogP contribution in [0.2, 0.25) is 0 Å². The molecule has 6 unspecified atom stereocenters. The third-order valence-electron chi connectivity index (χ3n) is 7.82. The number of halogens is 1. The first-order valence-corrected chi connectivity index (χ1v) is 11.2. The van der Waals surface area contributed by atoms with Gasteiger partial charge in [-0.15, -0.1) is 0 Å². The summed E-state index contributed by atoms with van der Waals surface area (Å²) in [6.07, 6.45) is 2.52. The van der Waals surface area contributed by atoms with E-state index in [1.54, 1.807) is 19.9 Å². The van der Waals surface area contributed by atoms with Gasteiger partial charge in [-0.3, -0.25) is 29.0 Å². The van der Waals surface area contributed by atoms with Gasteiger partial charge in [0.15, 0.2) is 11.6 Å². The van der Waals surface area contributed by atoms with Crippen LogP contribution in [0.1, 0.15) is 38.2 Å². The Morgan fingerprint density at radius 2 is 1.53 bits per heavy atom. The van der Waals surface area contributed by atoms with Gasteiger partial charge in [-0.1, -0.05) is 23.8 Å². The van der Waals surface area contributed by atoms with Crippen LogP contribution in [-0.4, -0.2) is 51.6 Å². The number of benzene rings is 1. The molecule has 1 N–H and O–H groups in total. The number of likely N-dealkylation sites (tertiary alicyclic amines) is 2. The Kier molecular flexibility index (Phi) is 4.72. The van der Waals surface area contributed by atoms with Gasteiger partial charge in [-0.2, -0.15) is 0 Å². The van der Waals surface area contributed by atoms with E-state index in [0.29, 0.717) is 12.8 Å². The monoisotopic (exact) mass is 440 g/mol. The van der Waals surface area contributed by atoms with Gasteiger partial charge in [0, 0.05) is 24.6 Å². The van der Waals surface area contributed by atoms with Gasteiger partial charge in [0.05, 0.1) is 23.7 Å². The summed E-state index contributed by atoms with van der Waals surface area (Å²) < 4.78 is 14.3. The number of amides is 4. The van der Waals surface area contributed by atoms with E-state index in [4.69, 9.17) is 0 Å². The zero-order valence-electron chi connectivity index (χ0n) is 18.0. The SMILES string of the molecule is CCN1C(=O)C2CC=C3C(CC4C(=O)N(CC)C(=O)C4C3c3cccc(F)c3O)C2C1=O. The fraction of sp³-hybridized carbons (Fsp3) is 0.500. The Hall–Kier alpha value is -3.03. The first kappa shape index (κ1) is 20.8. The summed E-state index contributed by atoms with van der Waals surface area (Å²) in [4.78, 5) is 54.8. The fourth-order valence-electron chi connectivity index (χ4n) is 6.47. The maximum Gasteiger partial charge on any atom is 0.234 e. The van der Waals surface area contributed by atoms with Crippen molar-refractivity contribution in [1.29, 1.82) is 0 Å². The van der Waals surface area contributed by atoms with Crippen LogP contribution < -0.4 is 0 Å². The Bertz CT molecular complexity index is 1080. The molecular weight excluding hydrogens is 415 g/mol. The van der Waals surface area contributed by atoms with Gasteiger partial charge in [0.2, 0.25) is 23.6 Å². The minimum atomic E-state index is -0.802. The molecule has 0 radical (unpaired) electrons. The number of nitrogens with zero attached hydrogens (tertiary/aromatic N) is 2. The molecule has 1 aromatic rings.